The molecule has 0 N–H and O–H groups in total. The molecule has 1 saturated heterocycles. The summed E-state index contributed by atoms with van der Waals surface area (Å²) < 4.78 is 57.8. The van der Waals surface area contributed by atoms with Crippen molar-refractivity contribution in [1.82, 2.24) is 0 Å². The summed E-state index contributed by atoms with van der Waals surface area (Å²) in [5, 5.41) is 0. The number of halogens is 1. The fourth-order valence-electron chi connectivity index (χ4n) is 3.63. The van der Waals surface area contributed by atoms with Crippen molar-refractivity contribution in [2.45, 2.75) is 17.9 Å². The molecule has 0 aliphatic carbocycles. The first-order chi connectivity index (χ1) is 14.2. The summed E-state index contributed by atoms with van der Waals surface area (Å²) in [5.41, 5.74) is 0.922. The van der Waals surface area contributed by atoms with Crippen LogP contribution < -0.4 is 23.8 Å². The van der Waals surface area contributed by atoms with E-state index in [0.29, 0.717) is 28.5 Å². The van der Waals surface area contributed by atoms with Gasteiger partial charge >= 0.3 is 10.2 Å². The average Bonchev–Trinajstić information content (AvgIpc) is 2.74. The van der Waals surface area contributed by atoms with Crippen LogP contribution in [0.4, 0.5) is 9.57 Å². The lowest BCUT2D eigenvalue weighted by Crippen LogP contribution is -2.54. The standard InChI is InChI=1S/C20H22FNO7S/c1-11-18(12-6-7-14(26-2)17(8-12)30(21,24)25)22(20(11)23)13-9-15(27-3)19(29-5)16(10-13)28-4/h6-11,18H,1-5H3/t11-,18+/m0/s1. The molecule has 3 rings (SSSR count). The zero-order valence-electron chi connectivity index (χ0n) is 17.1. The minimum Gasteiger partial charge on any atom is -0.495 e. The SMILES string of the molecule is COc1ccc([C@H]2[C@H](C)C(=O)N2c2cc(OC)c(OC)c(OC)c2)cc1S(=O)(=O)F. The molecule has 8 nitrogen and oxygen atoms in total. The molecule has 0 aromatic heterocycles. The molecule has 1 aliphatic heterocycles. The largest absolute Gasteiger partial charge is 0.495 e. The maximum Gasteiger partial charge on any atom is 0.335 e. The second-order valence-electron chi connectivity index (χ2n) is 6.67. The number of carbonyl (C=O) groups is 1. The number of methoxy groups -OCH3 is 4. The van der Waals surface area contributed by atoms with Crippen LogP contribution in [0.5, 0.6) is 23.0 Å². The predicted octanol–water partition coefficient (Wildman–Crippen LogP) is 3.10. The Hall–Kier alpha value is -3.01. The van der Waals surface area contributed by atoms with E-state index in [1.165, 1.54) is 45.5 Å². The summed E-state index contributed by atoms with van der Waals surface area (Å²) in [6.07, 6.45) is 0. The van der Waals surface area contributed by atoms with Crippen LogP contribution in [-0.4, -0.2) is 42.8 Å². The molecule has 1 fully saturated rings. The Balaban J connectivity index is 2.11. The Morgan fingerprint density at radius 3 is 1.93 bits per heavy atom. The first-order valence-corrected chi connectivity index (χ1v) is 10.3. The van der Waals surface area contributed by atoms with Crippen molar-refractivity contribution < 1.29 is 36.0 Å². The number of β-lactam (4-membered cyclic amide) rings is 1. The highest BCUT2D eigenvalue weighted by Crippen LogP contribution is 2.48. The van der Waals surface area contributed by atoms with Crippen molar-refractivity contribution in [2.24, 2.45) is 5.92 Å². The Morgan fingerprint density at radius 2 is 1.47 bits per heavy atom. The Bertz CT molecular complexity index is 1060. The monoisotopic (exact) mass is 439 g/mol. The highest BCUT2D eigenvalue weighted by atomic mass is 32.3. The summed E-state index contributed by atoms with van der Waals surface area (Å²) in [6, 6.07) is 6.87. The number of anilines is 1. The zero-order chi connectivity index (χ0) is 22.2. The van der Waals surface area contributed by atoms with E-state index in [1.54, 1.807) is 25.1 Å². The molecule has 162 valence electrons. The normalized spacial score (nSPS) is 18.6. The van der Waals surface area contributed by atoms with Crippen LogP contribution >= 0.6 is 0 Å². The first kappa shape index (κ1) is 21.7. The van der Waals surface area contributed by atoms with Gasteiger partial charge in [0.2, 0.25) is 11.7 Å². The molecule has 0 unspecified atom stereocenters. The van der Waals surface area contributed by atoms with Gasteiger partial charge in [0.15, 0.2) is 11.5 Å². The third kappa shape index (κ3) is 3.51. The number of hydrogen-bond donors (Lipinski definition) is 0. The molecule has 2 aromatic carbocycles. The minimum absolute atomic E-state index is 0.112. The molecule has 1 heterocycles. The van der Waals surface area contributed by atoms with Gasteiger partial charge in [-0.2, -0.15) is 8.42 Å². The number of hydrogen-bond acceptors (Lipinski definition) is 7. The van der Waals surface area contributed by atoms with Crippen LogP contribution in [0.25, 0.3) is 0 Å². The van der Waals surface area contributed by atoms with E-state index in [-0.39, 0.29) is 11.7 Å². The minimum atomic E-state index is -5.01. The Kier molecular flexibility index (Phi) is 5.80. The molecule has 30 heavy (non-hydrogen) atoms. The van der Waals surface area contributed by atoms with E-state index in [2.05, 4.69) is 0 Å². The average molecular weight is 439 g/mol. The molecule has 0 saturated carbocycles. The van der Waals surface area contributed by atoms with Gasteiger partial charge in [-0.1, -0.05) is 13.0 Å². The quantitative estimate of drug-likeness (QED) is 0.484. The van der Waals surface area contributed by atoms with Crippen molar-refractivity contribution in [1.29, 1.82) is 0 Å². The van der Waals surface area contributed by atoms with E-state index in [9.17, 15) is 17.1 Å². The molecular formula is C20H22FNO7S. The van der Waals surface area contributed by atoms with Crippen molar-refractivity contribution in [3.8, 4) is 23.0 Å². The lowest BCUT2D eigenvalue weighted by molar-refractivity contribution is -0.129. The summed E-state index contributed by atoms with van der Waals surface area (Å²) >= 11 is 0. The zero-order valence-corrected chi connectivity index (χ0v) is 17.9. The molecule has 2 aromatic rings. The van der Waals surface area contributed by atoms with Crippen molar-refractivity contribution in [3.63, 3.8) is 0 Å². The lowest BCUT2D eigenvalue weighted by atomic mass is 9.83. The smallest absolute Gasteiger partial charge is 0.335 e. The van der Waals surface area contributed by atoms with E-state index >= 15 is 0 Å². The van der Waals surface area contributed by atoms with Crippen LogP contribution in [0.1, 0.15) is 18.5 Å². The molecule has 10 heteroatoms. The maximum atomic E-state index is 13.8. The van der Waals surface area contributed by atoms with E-state index in [4.69, 9.17) is 18.9 Å². The van der Waals surface area contributed by atoms with Gasteiger partial charge in [-0.3, -0.25) is 4.79 Å². The lowest BCUT2D eigenvalue weighted by Gasteiger charge is -2.46. The van der Waals surface area contributed by atoms with Crippen LogP contribution in [0.2, 0.25) is 0 Å². The van der Waals surface area contributed by atoms with Crippen LogP contribution in [0.3, 0.4) is 0 Å². The Morgan fingerprint density at radius 1 is 0.900 bits per heavy atom. The van der Waals surface area contributed by atoms with E-state index < -0.39 is 27.1 Å². The summed E-state index contributed by atoms with van der Waals surface area (Å²) in [4.78, 5) is 13.6. The maximum absolute atomic E-state index is 13.8. The third-order valence-electron chi connectivity index (χ3n) is 5.10. The number of amides is 1. The number of carbonyl (C=O) groups excluding carboxylic acids is 1. The topological polar surface area (TPSA) is 91.4 Å². The van der Waals surface area contributed by atoms with Gasteiger partial charge in [-0.05, 0) is 17.7 Å². The Labute approximate surface area is 174 Å². The molecular weight excluding hydrogens is 417 g/mol. The molecule has 0 bridgehead atoms. The summed E-state index contributed by atoms with van der Waals surface area (Å²) in [5.74, 6) is 0.345. The van der Waals surface area contributed by atoms with Crippen molar-refractivity contribution >= 4 is 21.8 Å². The molecule has 2 atom stereocenters. The second-order valence-corrected chi connectivity index (χ2v) is 7.99. The summed E-state index contributed by atoms with van der Waals surface area (Å²) in [6.45, 7) is 1.72. The van der Waals surface area contributed by atoms with Crippen molar-refractivity contribution in [2.75, 3.05) is 33.3 Å². The molecule has 1 amide bonds. The highest BCUT2D eigenvalue weighted by molar-refractivity contribution is 7.86. The molecule has 1 aliphatic rings. The van der Waals surface area contributed by atoms with E-state index in [1.807, 2.05) is 0 Å². The second kappa shape index (κ2) is 8.02. The fraction of sp³-hybridized carbons (Fsp3) is 0.350. The predicted molar refractivity (Wildman–Crippen MR) is 107 cm³/mol. The van der Waals surface area contributed by atoms with E-state index in [0.717, 1.165) is 0 Å². The number of ether oxygens (including phenoxy) is 4. The van der Waals surface area contributed by atoms with Gasteiger partial charge in [0.1, 0.15) is 10.6 Å². The van der Waals surface area contributed by atoms with Crippen LogP contribution in [0.15, 0.2) is 35.2 Å². The number of nitrogens with zero attached hydrogens (tertiary/aromatic N) is 1. The van der Waals surface area contributed by atoms with Crippen molar-refractivity contribution in [3.05, 3.63) is 35.9 Å². The molecule has 0 spiro atoms. The van der Waals surface area contributed by atoms with Gasteiger partial charge in [0.25, 0.3) is 0 Å². The summed E-state index contributed by atoms with van der Waals surface area (Å²) in [7, 11) is 0.624. The van der Waals surface area contributed by atoms with Crippen LogP contribution in [-0.2, 0) is 15.0 Å². The van der Waals surface area contributed by atoms with Gasteiger partial charge in [-0.25, -0.2) is 0 Å². The molecule has 0 radical (unpaired) electrons. The third-order valence-corrected chi connectivity index (χ3v) is 5.94. The highest BCUT2D eigenvalue weighted by Gasteiger charge is 2.46. The number of rotatable bonds is 7. The number of benzene rings is 2. The van der Waals surface area contributed by atoms with Gasteiger partial charge < -0.3 is 23.8 Å². The van der Waals surface area contributed by atoms with Gasteiger partial charge in [-0.15, -0.1) is 3.89 Å². The van der Waals surface area contributed by atoms with Crippen LogP contribution in [0, 0.1) is 5.92 Å². The fourth-order valence-corrected chi connectivity index (χ4v) is 4.30. The first-order valence-electron chi connectivity index (χ1n) is 8.93. The van der Waals surface area contributed by atoms with Gasteiger partial charge in [0.05, 0.1) is 46.1 Å². The van der Waals surface area contributed by atoms with Gasteiger partial charge in [0, 0.05) is 12.1 Å².